The lowest BCUT2D eigenvalue weighted by molar-refractivity contribution is 0.669. The molecule has 10 rings (SSSR count). The van der Waals surface area contributed by atoms with Crippen LogP contribution in [0.4, 0.5) is 0 Å². The Morgan fingerprint density at radius 1 is 0.400 bits per heavy atom. The third-order valence-corrected chi connectivity index (χ3v) is 9.46. The Kier molecular flexibility index (Phi) is 6.42. The van der Waals surface area contributed by atoms with Crippen molar-refractivity contribution in [3.8, 4) is 51.0 Å². The predicted molar refractivity (Wildman–Crippen MR) is 203 cm³/mol. The summed E-state index contributed by atoms with van der Waals surface area (Å²) in [7, 11) is 0. The molecule has 0 unspecified atom stereocenters. The molecule has 3 heterocycles. The third-order valence-electron chi connectivity index (χ3n) is 9.46. The Morgan fingerprint density at radius 2 is 0.980 bits per heavy atom. The molecule has 0 bridgehead atoms. The summed E-state index contributed by atoms with van der Waals surface area (Å²) in [6.45, 7) is 0. The highest BCUT2D eigenvalue weighted by molar-refractivity contribution is 6.16. The number of hydrogen-bond acceptors (Lipinski definition) is 4. The van der Waals surface area contributed by atoms with Gasteiger partial charge in [0.2, 0.25) is 0 Å². The van der Waals surface area contributed by atoms with Crippen molar-refractivity contribution in [1.29, 1.82) is 0 Å². The largest absolute Gasteiger partial charge is 0.455 e. The average Bonchev–Trinajstić information content (AvgIpc) is 3.74. The minimum Gasteiger partial charge on any atom is -0.455 e. The summed E-state index contributed by atoms with van der Waals surface area (Å²) in [6, 6.07) is 58.6. The van der Waals surface area contributed by atoms with Crippen molar-refractivity contribution in [2.24, 2.45) is 0 Å². The number of benzene rings is 7. The van der Waals surface area contributed by atoms with Crippen LogP contribution in [0, 0.1) is 0 Å². The number of fused-ring (bicyclic) bond motifs is 6. The maximum atomic E-state index is 6.77. The summed E-state index contributed by atoms with van der Waals surface area (Å²) in [6.07, 6.45) is 0. The van der Waals surface area contributed by atoms with Gasteiger partial charge in [0.05, 0.1) is 27.7 Å². The van der Waals surface area contributed by atoms with Crippen LogP contribution in [-0.2, 0) is 0 Å². The Labute approximate surface area is 287 Å². The van der Waals surface area contributed by atoms with Crippen molar-refractivity contribution < 1.29 is 4.42 Å². The molecule has 0 atom stereocenters. The molecule has 234 valence electrons. The highest BCUT2D eigenvalue weighted by Crippen LogP contribution is 2.42. The number of aromatic nitrogens is 4. The van der Waals surface area contributed by atoms with Crippen molar-refractivity contribution in [3.05, 3.63) is 170 Å². The van der Waals surface area contributed by atoms with Crippen molar-refractivity contribution in [1.82, 2.24) is 19.5 Å². The van der Waals surface area contributed by atoms with Crippen LogP contribution in [0.1, 0.15) is 0 Å². The van der Waals surface area contributed by atoms with Crippen LogP contribution >= 0.6 is 0 Å². The minimum atomic E-state index is 0.563. The van der Waals surface area contributed by atoms with Gasteiger partial charge in [-0.1, -0.05) is 140 Å². The zero-order chi connectivity index (χ0) is 33.0. The lowest BCUT2D eigenvalue weighted by atomic mass is 10.0. The molecule has 5 heteroatoms. The van der Waals surface area contributed by atoms with Gasteiger partial charge in [-0.05, 0) is 41.5 Å². The van der Waals surface area contributed by atoms with Gasteiger partial charge in [-0.2, -0.15) is 0 Å². The van der Waals surface area contributed by atoms with Crippen LogP contribution in [-0.4, -0.2) is 19.5 Å². The first kappa shape index (κ1) is 28.2. The fraction of sp³-hybridized carbons (Fsp3) is 0. The second-order valence-electron chi connectivity index (χ2n) is 12.4. The summed E-state index contributed by atoms with van der Waals surface area (Å²) >= 11 is 0. The van der Waals surface area contributed by atoms with Crippen LogP contribution < -0.4 is 0 Å². The molecule has 3 aromatic heterocycles. The molecule has 0 N–H and O–H groups in total. The molecule has 5 nitrogen and oxygen atoms in total. The predicted octanol–water partition coefficient (Wildman–Crippen LogP) is 11.5. The first-order valence-corrected chi connectivity index (χ1v) is 16.7. The van der Waals surface area contributed by atoms with Gasteiger partial charge in [0.25, 0.3) is 0 Å². The van der Waals surface area contributed by atoms with E-state index in [1.165, 1.54) is 21.9 Å². The fourth-order valence-corrected chi connectivity index (χ4v) is 7.16. The summed E-state index contributed by atoms with van der Waals surface area (Å²) < 4.78 is 9.15. The van der Waals surface area contributed by atoms with Gasteiger partial charge in [0, 0.05) is 27.3 Å². The minimum absolute atomic E-state index is 0.563. The summed E-state index contributed by atoms with van der Waals surface area (Å²) in [5.74, 6) is 1.79. The van der Waals surface area contributed by atoms with Gasteiger partial charge in [-0.15, -0.1) is 0 Å². The first-order valence-electron chi connectivity index (χ1n) is 16.7. The first-order chi connectivity index (χ1) is 24.8. The SMILES string of the molecule is c1ccc(-c2ccc3c4ccccc4n(-c4cccc5oc6c(-c7nc(-c8ccccc8)nc(-c8ccccc8)n7)cccc6c45)c3c2)cc1. The molecule has 0 saturated carbocycles. The number of furan rings is 1. The number of nitrogens with zero attached hydrogens (tertiary/aromatic N) is 4. The van der Waals surface area contributed by atoms with Gasteiger partial charge in [0.15, 0.2) is 17.5 Å². The van der Waals surface area contributed by atoms with Gasteiger partial charge in [-0.3, -0.25) is 0 Å². The molecule has 7 aromatic carbocycles. The van der Waals surface area contributed by atoms with Crippen molar-refractivity contribution >= 4 is 43.7 Å². The highest BCUT2D eigenvalue weighted by atomic mass is 16.3. The molecule has 50 heavy (non-hydrogen) atoms. The van der Waals surface area contributed by atoms with Gasteiger partial charge < -0.3 is 8.98 Å². The molecule has 0 aliphatic carbocycles. The van der Waals surface area contributed by atoms with Crippen molar-refractivity contribution in [3.63, 3.8) is 0 Å². The van der Waals surface area contributed by atoms with E-state index in [9.17, 15) is 0 Å². The van der Waals surface area contributed by atoms with Crippen LogP contribution in [0.2, 0.25) is 0 Å². The van der Waals surface area contributed by atoms with E-state index in [1.807, 2.05) is 72.8 Å². The smallest absolute Gasteiger partial charge is 0.167 e. The topological polar surface area (TPSA) is 56.7 Å². The quantitative estimate of drug-likeness (QED) is 0.188. The highest BCUT2D eigenvalue weighted by Gasteiger charge is 2.21. The van der Waals surface area contributed by atoms with E-state index in [-0.39, 0.29) is 0 Å². The lowest BCUT2D eigenvalue weighted by Gasteiger charge is -2.11. The number of hydrogen-bond donors (Lipinski definition) is 0. The fourth-order valence-electron chi connectivity index (χ4n) is 7.16. The molecule has 0 saturated heterocycles. The summed E-state index contributed by atoms with van der Waals surface area (Å²) in [5.41, 5.74) is 9.90. The second-order valence-corrected chi connectivity index (χ2v) is 12.4. The van der Waals surface area contributed by atoms with E-state index < -0.39 is 0 Å². The van der Waals surface area contributed by atoms with Gasteiger partial charge in [-0.25, -0.2) is 15.0 Å². The van der Waals surface area contributed by atoms with Crippen molar-refractivity contribution in [2.75, 3.05) is 0 Å². The average molecular weight is 641 g/mol. The molecule has 0 fully saturated rings. The lowest BCUT2D eigenvalue weighted by Crippen LogP contribution is -2.00. The molecule has 10 aromatic rings. The van der Waals surface area contributed by atoms with Crippen LogP contribution in [0.3, 0.4) is 0 Å². The Hall–Kier alpha value is -6.85. The zero-order valence-electron chi connectivity index (χ0n) is 26.9. The van der Waals surface area contributed by atoms with Crippen LogP contribution in [0.25, 0.3) is 94.7 Å². The number of para-hydroxylation sites is 2. The molecular weight excluding hydrogens is 613 g/mol. The van der Waals surface area contributed by atoms with E-state index in [4.69, 9.17) is 19.4 Å². The molecule has 0 radical (unpaired) electrons. The normalized spacial score (nSPS) is 11.6. The van der Waals surface area contributed by atoms with E-state index in [1.54, 1.807) is 0 Å². The van der Waals surface area contributed by atoms with E-state index in [0.717, 1.165) is 55.3 Å². The maximum absolute atomic E-state index is 6.77. The Bertz CT molecular complexity index is 2800. The number of rotatable bonds is 5. The molecular formula is C45H28N4O. The van der Waals surface area contributed by atoms with E-state index in [0.29, 0.717) is 17.5 Å². The molecule has 0 spiro atoms. The van der Waals surface area contributed by atoms with E-state index in [2.05, 4.69) is 102 Å². The zero-order valence-corrected chi connectivity index (χ0v) is 26.9. The monoisotopic (exact) mass is 640 g/mol. The van der Waals surface area contributed by atoms with Gasteiger partial charge in [0.1, 0.15) is 11.2 Å². The molecule has 0 aliphatic heterocycles. The third kappa shape index (κ3) is 4.52. The standard InChI is InChI=1S/C45H28N4O/c1-4-14-29(15-5-1)32-26-27-34-33-20-10-11-23-37(33)49(39(34)28-32)38-24-13-25-40-41(38)35-21-12-22-36(42(35)50-40)45-47-43(30-16-6-2-7-17-30)46-44(48-45)31-18-8-3-9-19-31/h1-28H. The van der Waals surface area contributed by atoms with E-state index >= 15 is 0 Å². The van der Waals surface area contributed by atoms with Gasteiger partial charge >= 0.3 is 0 Å². The summed E-state index contributed by atoms with van der Waals surface area (Å²) in [5, 5.41) is 4.46. The van der Waals surface area contributed by atoms with Crippen LogP contribution in [0.15, 0.2) is 174 Å². The molecule has 0 amide bonds. The van der Waals surface area contributed by atoms with Crippen molar-refractivity contribution in [2.45, 2.75) is 0 Å². The maximum Gasteiger partial charge on any atom is 0.167 e. The Morgan fingerprint density at radius 3 is 1.70 bits per heavy atom. The van der Waals surface area contributed by atoms with Crippen LogP contribution in [0.5, 0.6) is 0 Å². The molecule has 0 aliphatic rings. The second kappa shape index (κ2) is 11.4. The Balaban J connectivity index is 1.23. The summed E-state index contributed by atoms with van der Waals surface area (Å²) in [4.78, 5) is 15.0.